The van der Waals surface area contributed by atoms with E-state index in [0.29, 0.717) is 6.42 Å². The molecular weight excluding hydrogens is 150 g/mol. The third kappa shape index (κ3) is 2.80. The highest BCUT2D eigenvalue weighted by atomic mass is 15.3. The lowest BCUT2D eigenvalue weighted by molar-refractivity contribution is 0.139. The van der Waals surface area contributed by atoms with E-state index in [9.17, 15) is 0 Å². The molecule has 1 saturated heterocycles. The molecule has 0 saturated carbocycles. The van der Waals surface area contributed by atoms with E-state index < -0.39 is 0 Å². The molecule has 3 nitrogen and oxygen atoms in total. The Morgan fingerprint density at radius 3 is 2.25 bits per heavy atom. The summed E-state index contributed by atoms with van der Waals surface area (Å²) in [6.07, 6.45) is 0.673. The zero-order chi connectivity index (χ0) is 8.81. The van der Waals surface area contributed by atoms with Gasteiger partial charge in [0, 0.05) is 39.1 Å². The Morgan fingerprint density at radius 2 is 1.75 bits per heavy atom. The van der Waals surface area contributed by atoms with E-state index in [4.69, 9.17) is 5.26 Å². The van der Waals surface area contributed by atoms with Gasteiger partial charge in [0.25, 0.3) is 0 Å². The smallest absolute Gasteiger partial charge is 0.0635 e. The van der Waals surface area contributed by atoms with Crippen LogP contribution in [-0.2, 0) is 0 Å². The summed E-state index contributed by atoms with van der Waals surface area (Å²) in [5.74, 6) is 0. The van der Waals surface area contributed by atoms with Crippen LogP contribution in [0.1, 0.15) is 13.3 Å². The predicted molar refractivity (Wildman–Crippen MR) is 48.8 cm³/mol. The summed E-state index contributed by atoms with van der Waals surface area (Å²) in [4.78, 5) is 4.82. The zero-order valence-electron chi connectivity index (χ0n) is 7.79. The molecule has 1 aliphatic rings. The maximum Gasteiger partial charge on any atom is 0.0635 e. The monoisotopic (exact) mass is 167 g/mol. The van der Waals surface area contributed by atoms with Gasteiger partial charge in [0.2, 0.25) is 0 Å². The fourth-order valence-electron chi connectivity index (χ4n) is 1.54. The summed E-state index contributed by atoms with van der Waals surface area (Å²) in [6.45, 7) is 8.92. The number of nitriles is 1. The van der Waals surface area contributed by atoms with Crippen molar-refractivity contribution in [2.75, 3.05) is 39.3 Å². The second kappa shape index (κ2) is 5.13. The quantitative estimate of drug-likeness (QED) is 0.614. The minimum atomic E-state index is 0.673. The highest BCUT2D eigenvalue weighted by Gasteiger charge is 2.13. The van der Waals surface area contributed by atoms with Gasteiger partial charge in [-0.3, -0.25) is 4.90 Å². The first-order chi connectivity index (χ1) is 5.86. The number of nitrogens with zero attached hydrogens (tertiary/aromatic N) is 3. The molecular formula is C9H17N3. The zero-order valence-corrected chi connectivity index (χ0v) is 7.79. The molecule has 68 valence electrons. The third-order valence-electron chi connectivity index (χ3n) is 2.45. The third-order valence-corrected chi connectivity index (χ3v) is 2.45. The van der Waals surface area contributed by atoms with Crippen LogP contribution in [0.15, 0.2) is 0 Å². The Balaban J connectivity index is 2.14. The summed E-state index contributed by atoms with van der Waals surface area (Å²) < 4.78 is 0. The van der Waals surface area contributed by atoms with Gasteiger partial charge in [0.15, 0.2) is 0 Å². The van der Waals surface area contributed by atoms with Crippen molar-refractivity contribution in [1.29, 1.82) is 5.26 Å². The molecule has 0 atom stereocenters. The van der Waals surface area contributed by atoms with E-state index in [1.807, 2.05) is 0 Å². The van der Waals surface area contributed by atoms with Crippen LogP contribution in [0, 0.1) is 11.3 Å². The summed E-state index contributed by atoms with van der Waals surface area (Å²) in [7, 11) is 0. The van der Waals surface area contributed by atoms with Gasteiger partial charge in [-0.15, -0.1) is 0 Å². The molecule has 12 heavy (non-hydrogen) atoms. The van der Waals surface area contributed by atoms with Gasteiger partial charge in [0.05, 0.1) is 6.07 Å². The van der Waals surface area contributed by atoms with Crippen LogP contribution in [-0.4, -0.2) is 49.1 Å². The number of piperazine rings is 1. The summed E-state index contributed by atoms with van der Waals surface area (Å²) in [5, 5.41) is 8.41. The van der Waals surface area contributed by atoms with Crippen molar-refractivity contribution in [1.82, 2.24) is 9.80 Å². The maximum atomic E-state index is 8.41. The second-order valence-corrected chi connectivity index (χ2v) is 3.18. The number of likely N-dealkylation sites (N-methyl/N-ethyl adjacent to an activating group) is 1. The molecule has 0 aromatic carbocycles. The molecule has 0 amide bonds. The molecule has 1 fully saturated rings. The van der Waals surface area contributed by atoms with Crippen molar-refractivity contribution in [3.63, 3.8) is 0 Å². The number of hydrogen-bond donors (Lipinski definition) is 0. The van der Waals surface area contributed by atoms with E-state index >= 15 is 0 Å². The molecule has 0 aromatic heterocycles. The van der Waals surface area contributed by atoms with Gasteiger partial charge in [-0.25, -0.2) is 0 Å². The fourth-order valence-corrected chi connectivity index (χ4v) is 1.54. The van der Waals surface area contributed by atoms with Crippen LogP contribution in [0.4, 0.5) is 0 Å². The van der Waals surface area contributed by atoms with Crippen LogP contribution in [0.25, 0.3) is 0 Å². The van der Waals surface area contributed by atoms with Crippen LogP contribution in [0.2, 0.25) is 0 Å². The molecule has 0 aromatic rings. The Kier molecular flexibility index (Phi) is 4.06. The van der Waals surface area contributed by atoms with E-state index in [-0.39, 0.29) is 0 Å². The highest BCUT2D eigenvalue weighted by molar-refractivity contribution is 4.76. The molecule has 1 rings (SSSR count). The van der Waals surface area contributed by atoms with Gasteiger partial charge in [-0.05, 0) is 6.54 Å². The van der Waals surface area contributed by atoms with Crippen molar-refractivity contribution >= 4 is 0 Å². The Labute approximate surface area is 74.6 Å². The molecule has 0 bridgehead atoms. The largest absolute Gasteiger partial charge is 0.301 e. The van der Waals surface area contributed by atoms with E-state index in [2.05, 4.69) is 22.8 Å². The summed E-state index contributed by atoms with van der Waals surface area (Å²) >= 11 is 0. The Hall–Kier alpha value is -0.590. The lowest BCUT2D eigenvalue weighted by Crippen LogP contribution is -2.46. The first-order valence-electron chi connectivity index (χ1n) is 4.68. The van der Waals surface area contributed by atoms with E-state index in [1.165, 1.54) is 13.1 Å². The van der Waals surface area contributed by atoms with Gasteiger partial charge in [-0.2, -0.15) is 5.26 Å². The van der Waals surface area contributed by atoms with E-state index in [0.717, 1.165) is 26.2 Å². The molecule has 0 aliphatic carbocycles. The SMILES string of the molecule is CCN1CCN(CCC#N)CC1. The number of rotatable bonds is 3. The Bertz CT molecular complexity index is 154. The average molecular weight is 167 g/mol. The minimum absolute atomic E-state index is 0.673. The van der Waals surface area contributed by atoms with Crippen LogP contribution < -0.4 is 0 Å². The molecule has 0 N–H and O–H groups in total. The van der Waals surface area contributed by atoms with Gasteiger partial charge in [0.1, 0.15) is 0 Å². The van der Waals surface area contributed by atoms with Gasteiger partial charge >= 0.3 is 0 Å². The first kappa shape index (κ1) is 9.50. The van der Waals surface area contributed by atoms with Crippen molar-refractivity contribution in [3.05, 3.63) is 0 Å². The Morgan fingerprint density at radius 1 is 1.17 bits per heavy atom. The van der Waals surface area contributed by atoms with Crippen LogP contribution in [0.5, 0.6) is 0 Å². The fraction of sp³-hybridized carbons (Fsp3) is 0.889. The minimum Gasteiger partial charge on any atom is -0.301 e. The molecule has 1 aliphatic heterocycles. The van der Waals surface area contributed by atoms with Crippen molar-refractivity contribution in [2.45, 2.75) is 13.3 Å². The molecule has 1 heterocycles. The lowest BCUT2D eigenvalue weighted by atomic mass is 10.3. The molecule has 0 spiro atoms. The lowest BCUT2D eigenvalue weighted by Gasteiger charge is -2.33. The van der Waals surface area contributed by atoms with Crippen LogP contribution >= 0.6 is 0 Å². The molecule has 0 radical (unpaired) electrons. The van der Waals surface area contributed by atoms with Gasteiger partial charge in [-0.1, -0.05) is 6.92 Å². The maximum absolute atomic E-state index is 8.41. The van der Waals surface area contributed by atoms with Gasteiger partial charge < -0.3 is 4.90 Å². The predicted octanol–water partition coefficient (Wildman–Crippen LogP) is 0.538. The van der Waals surface area contributed by atoms with Crippen molar-refractivity contribution < 1.29 is 0 Å². The van der Waals surface area contributed by atoms with Crippen LogP contribution in [0.3, 0.4) is 0 Å². The summed E-state index contributed by atoms with van der Waals surface area (Å²) in [6, 6.07) is 2.18. The second-order valence-electron chi connectivity index (χ2n) is 3.18. The topological polar surface area (TPSA) is 30.3 Å². The summed E-state index contributed by atoms with van der Waals surface area (Å²) in [5.41, 5.74) is 0. The average Bonchev–Trinajstić information content (AvgIpc) is 2.15. The molecule has 0 unspecified atom stereocenters. The molecule has 3 heteroatoms. The highest BCUT2D eigenvalue weighted by Crippen LogP contribution is 2.00. The standard InChI is InChI=1S/C9H17N3/c1-2-11-6-8-12(9-7-11)5-3-4-10/h2-3,5-9H2,1H3. The number of hydrogen-bond acceptors (Lipinski definition) is 3. The van der Waals surface area contributed by atoms with E-state index in [1.54, 1.807) is 0 Å². The first-order valence-corrected chi connectivity index (χ1v) is 4.68. The normalized spacial score (nSPS) is 20.7. The van der Waals surface area contributed by atoms with Crippen molar-refractivity contribution in [3.8, 4) is 6.07 Å². The van der Waals surface area contributed by atoms with Crippen molar-refractivity contribution in [2.24, 2.45) is 0 Å².